The molecule has 10 aromatic carbocycles. The fourth-order valence-electron chi connectivity index (χ4n) is 10.4. The molecule has 296 valence electrons. The summed E-state index contributed by atoms with van der Waals surface area (Å²) in [6, 6.07) is 93.4. The van der Waals surface area contributed by atoms with Gasteiger partial charge in [0, 0.05) is 33.5 Å². The van der Waals surface area contributed by atoms with E-state index in [1.54, 1.807) is 0 Å². The van der Waals surface area contributed by atoms with Crippen LogP contribution in [-0.2, 0) is 5.41 Å². The van der Waals surface area contributed by atoms with Crippen LogP contribution in [0.1, 0.15) is 22.3 Å². The molecule has 2 heteroatoms. The van der Waals surface area contributed by atoms with E-state index in [9.17, 15) is 0 Å². The first-order valence-electron chi connectivity index (χ1n) is 21.8. The molecule has 0 fully saturated rings. The molecule has 12 rings (SSSR count). The maximum absolute atomic E-state index is 2.47. The van der Waals surface area contributed by atoms with Gasteiger partial charge >= 0.3 is 0 Å². The Morgan fingerprint density at radius 2 is 0.841 bits per heavy atom. The fraction of sp³-hybridized carbons (Fsp3) is 0.0164. The molecule has 1 aromatic heterocycles. The predicted octanol–water partition coefficient (Wildman–Crippen LogP) is 16.0. The van der Waals surface area contributed by atoms with Crippen LogP contribution in [0.15, 0.2) is 255 Å². The molecule has 0 saturated carbocycles. The van der Waals surface area contributed by atoms with Gasteiger partial charge in [-0.25, -0.2) is 0 Å². The van der Waals surface area contributed by atoms with E-state index in [4.69, 9.17) is 0 Å². The minimum atomic E-state index is -0.599. The molecule has 1 aliphatic rings. The second-order valence-corrected chi connectivity index (χ2v) is 16.4. The van der Waals surface area contributed by atoms with Gasteiger partial charge in [0.25, 0.3) is 0 Å². The average Bonchev–Trinajstić information content (AvgIpc) is 3.85. The number of para-hydroxylation sites is 2. The van der Waals surface area contributed by atoms with Crippen LogP contribution in [0.4, 0.5) is 17.1 Å². The molecular formula is C61H42N2. The summed E-state index contributed by atoms with van der Waals surface area (Å²) >= 11 is 0. The van der Waals surface area contributed by atoms with Gasteiger partial charge in [-0.1, -0.05) is 200 Å². The molecule has 63 heavy (non-hydrogen) atoms. The van der Waals surface area contributed by atoms with Crippen LogP contribution >= 0.6 is 0 Å². The molecule has 0 N–H and O–H groups in total. The highest BCUT2D eigenvalue weighted by Crippen LogP contribution is 2.59. The van der Waals surface area contributed by atoms with Crippen molar-refractivity contribution < 1.29 is 0 Å². The van der Waals surface area contributed by atoms with Crippen LogP contribution < -0.4 is 4.90 Å². The van der Waals surface area contributed by atoms with Crippen molar-refractivity contribution in [3.8, 4) is 39.1 Å². The topological polar surface area (TPSA) is 8.17 Å². The van der Waals surface area contributed by atoms with Crippen molar-refractivity contribution in [2.45, 2.75) is 5.41 Å². The summed E-state index contributed by atoms with van der Waals surface area (Å²) in [6.45, 7) is 0. The lowest BCUT2D eigenvalue weighted by Crippen LogP contribution is -2.29. The Balaban J connectivity index is 1.11. The van der Waals surface area contributed by atoms with Gasteiger partial charge in [0.05, 0.1) is 16.4 Å². The Bertz CT molecular complexity index is 3440. The summed E-state index contributed by atoms with van der Waals surface area (Å²) in [7, 11) is 0. The highest BCUT2D eigenvalue weighted by molar-refractivity contribution is 6.10. The highest BCUT2D eigenvalue weighted by Gasteiger charge is 2.47. The molecule has 0 radical (unpaired) electrons. The molecule has 0 amide bonds. The second-order valence-electron chi connectivity index (χ2n) is 16.4. The molecule has 0 aliphatic heterocycles. The van der Waals surface area contributed by atoms with E-state index in [0.29, 0.717) is 0 Å². The van der Waals surface area contributed by atoms with Crippen molar-refractivity contribution in [3.05, 3.63) is 277 Å². The van der Waals surface area contributed by atoms with Crippen molar-refractivity contribution in [3.63, 3.8) is 0 Å². The van der Waals surface area contributed by atoms with Gasteiger partial charge in [0.15, 0.2) is 0 Å². The standard InChI is InChI=1S/C61H42N2/c1-5-20-43(21-6-1)45-24-19-29-48(40-45)63-59-35-18-15-32-54(59)55-39-37-50(42-60(55)63)62(47-27-11-4-12-28-47)49-36-38-53-52-31-14-17-34-57(52)61(58(53)41-49,46-25-9-3-10-26-46)56-33-16-13-30-51(56)44-22-7-2-8-23-44/h1-42H. The zero-order chi connectivity index (χ0) is 41.7. The Labute approximate surface area is 368 Å². The third-order valence-corrected chi connectivity index (χ3v) is 13.1. The zero-order valence-electron chi connectivity index (χ0n) is 34.6. The van der Waals surface area contributed by atoms with Crippen LogP contribution in [0.25, 0.3) is 60.9 Å². The van der Waals surface area contributed by atoms with Gasteiger partial charge in [-0.2, -0.15) is 0 Å². The normalized spacial score (nSPS) is 14.1. The van der Waals surface area contributed by atoms with Gasteiger partial charge in [-0.05, 0) is 110 Å². The molecule has 11 aromatic rings. The summed E-state index contributed by atoms with van der Waals surface area (Å²) < 4.78 is 2.43. The number of benzene rings is 10. The van der Waals surface area contributed by atoms with Gasteiger partial charge in [-0.3, -0.25) is 0 Å². The monoisotopic (exact) mass is 802 g/mol. The van der Waals surface area contributed by atoms with Gasteiger partial charge < -0.3 is 9.47 Å². The van der Waals surface area contributed by atoms with E-state index in [0.717, 1.165) is 28.3 Å². The van der Waals surface area contributed by atoms with Crippen LogP contribution in [0.5, 0.6) is 0 Å². The number of anilines is 3. The maximum atomic E-state index is 2.47. The molecule has 1 atom stereocenters. The minimum Gasteiger partial charge on any atom is -0.310 e. The van der Waals surface area contributed by atoms with Gasteiger partial charge in [-0.15, -0.1) is 0 Å². The summed E-state index contributed by atoms with van der Waals surface area (Å²) in [6.07, 6.45) is 0. The Morgan fingerprint density at radius 3 is 1.60 bits per heavy atom. The van der Waals surface area contributed by atoms with Gasteiger partial charge in [0.2, 0.25) is 0 Å². The largest absolute Gasteiger partial charge is 0.310 e. The average molecular weight is 803 g/mol. The van der Waals surface area contributed by atoms with Crippen LogP contribution in [0.2, 0.25) is 0 Å². The lowest BCUT2D eigenvalue weighted by molar-refractivity contribution is 0.770. The third-order valence-electron chi connectivity index (χ3n) is 13.1. The molecule has 2 nitrogen and oxygen atoms in total. The number of fused-ring (bicyclic) bond motifs is 6. The van der Waals surface area contributed by atoms with Crippen LogP contribution in [0, 0.1) is 0 Å². The van der Waals surface area contributed by atoms with Crippen molar-refractivity contribution in [2.75, 3.05) is 4.90 Å². The molecule has 1 unspecified atom stereocenters. The van der Waals surface area contributed by atoms with Crippen molar-refractivity contribution in [1.29, 1.82) is 0 Å². The first kappa shape index (κ1) is 36.6. The van der Waals surface area contributed by atoms with Crippen LogP contribution in [0.3, 0.4) is 0 Å². The first-order valence-corrected chi connectivity index (χ1v) is 21.8. The van der Waals surface area contributed by atoms with E-state index in [2.05, 4.69) is 264 Å². The number of hydrogen-bond acceptors (Lipinski definition) is 1. The van der Waals surface area contributed by atoms with E-state index >= 15 is 0 Å². The summed E-state index contributed by atoms with van der Waals surface area (Å²) in [5.74, 6) is 0. The molecule has 0 bridgehead atoms. The van der Waals surface area contributed by atoms with Crippen molar-refractivity contribution in [2.24, 2.45) is 0 Å². The molecule has 0 spiro atoms. The Hall–Kier alpha value is -8.20. The number of aromatic nitrogens is 1. The van der Waals surface area contributed by atoms with Crippen molar-refractivity contribution in [1.82, 2.24) is 4.57 Å². The number of hydrogen-bond donors (Lipinski definition) is 0. The minimum absolute atomic E-state index is 0.599. The SMILES string of the molecule is c1ccc(-c2cccc(-n3c4ccccc4c4ccc(N(c5ccccc5)c5ccc6c(c5)C(c5ccccc5)(c5ccccc5-c5ccccc5)c5ccccc5-6)cc43)c2)cc1. The second kappa shape index (κ2) is 15.1. The summed E-state index contributed by atoms with van der Waals surface area (Å²) in [5.41, 5.74) is 18.6. The zero-order valence-corrected chi connectivity index (χ0v) is 34.6. The summed E-state index contributed by atoms with van der Waals surface area (Å²) in [5, 5.41) is 2.45. The van der Waals surface area contributed by atoms with E-state index in [1.165, 1.54) is 71.9 Å². The molecule has 1 aliphatic carbocycles. The Kier molecular flexibility index (Phi) is 8.76. The lowest BCUT2D eigenvalue weighted by Gasteiger charge is -2.36. The van der Waals surface area contributed by atoms with E-state index in [-0.39, 0.29) is 0 Å². The maximum Gasteiger partial charge on any atom is 0.0720 e. The van der Waals surface area contributed by atoms with Gasteiger partial charge in [0.1, 0.15) is 0 Å². The smallest absolute Gasteiger partial charge is 0.0720 e. The Morgan fingerprint density at radius 1 is 0.302 bits per heavy atom. The van der Waals surface area contributed by atoms with E-state index < -0.39 is 5.41 Å². The molecule has 0 saturated heterocycles. The fourth-order valence-corrected chi connectivity index (χ4v) is 10.4. The number of nitrogens with zero attached hydrogens (tertiary/aromatic N) is 2. The molecule has 1 heterocycles. The van der Waals surface area contributed by atoms with Crippen LogP contribution in [-0.4, -0.2) is 4.57 Å². The highest BCUT2D eigenvalue weighted by atomic mass is 15.1. The quantitative estimate of drug-likeness (QED) is 0.149. The lowest BCUT2D eigenvalue weighted by atomic mass is 9.66. The van der Waals surface area contributed by atoms with E-state index in [1.807, 2.05) is 0 Å². The first-order chi connectivity index (χ1) is 31.3. The third kappa shape index (κ3) is 5.87. The molecular weight excluding hydrogens is 761 g/mol. The summed E-state index contributed by atoms with van der Waals surface area (Å²) in [4.78, 5) is 2.43. The predicted molar refractivity (Wildman–Crippen MR) is 264 cm³/mol. The van der Waals surface area contributed by atoms with Crippen molar-refractivity contribution >= 4 is 38.9 Å². The number of rotatable bonds is 8.